The van der Waals surface area contributed by atoms with Crippen LogP contribution in [0.15, 0.2) is 40.9 Å². The van der Waals surface area contributed by atoms with Gasteiger partial charge >= 0.3 is 5.97 Å². The van der Waals surface area contributed by atoms with E-state index in [1.165, 1.54) is 37.4 Å². The Morgan fingerprint density at radius 1 is 1.14 bits per heavy atom. The van der Waals surface area contributed by atoms with E-state index in [1.807, 2.05) is 0 Å². The second-order valence-corrected chi connectivity index (χ2v) is 4.98. The zero-order valence-corrected chi connectivity index (χ0v) is 12.6. The molecule has 0 aliphatic rings. The average Bonchev–Trinajstić information content (AvgIpc) is 2.51. The summed E-state index contributed by atoms with van der Waals surface area (Å²) in [6, 6.07) is 8.52. The highest BCUT2D eigenvalue weighted by Gasteiger charge is 2.13. The van der Waals surface area contributed by atoms with Crippen molar-refractivity contribution in [3.05, 3.63) is 63.6 Å². The third kappa shape index (κ3) is 3.58. The Bertz CT molecular complexity index is 657. The van der Waals surface area contributed by atoms with Gasteiger partial charge in [-0.3, -0.25) is 0 Å². The minimum absolute atomic E-state index is 0.165. The topological polar surface area (TPSA) is 35.5 Å². The normalized spacial score (nSPS) is 10.3. The summed E-state index contributed by atoms with van der Waals surface area (Å²) in [6.45, 7) is -0.255. The van der Waals surface area contributed by atoms with Crippen molar-refractivity contribution in [1.82, 2.24) is 0 Å². The summed E-state index contributed by atoms with van der Waals surface area (Å²) in [4.78, 5) is 11.3. The first-order valence-electron chi connectivity index (χ1n) is 5.96. The van der Waals surface area contributed by atoms with E-state index in [0.717, 1.165) is 6.07 Å². The molecule has 2 aromatic carbocycles. The third-order valence-electron chi connectivity index (χ3n) is 2.80. The Morgan fingerprint density at radius 3 is 2.43 bits per heavy atom. The van der Waals surface area contributed by atoms with Gasteiger partial charge < -0.3 is 9.47 Å². The Balaban J connectivity index is 2.10. The number of hydrogen-bond donors (Lipinski definition) is 0. The first-order chi connectivity index (χ1) is 10.0. The fourth-order valence-corrected chi connectivity index (χ4v) is 2.03. The molecule has 0 spiro atoms. The van der Waals surface area contributed by atoms with Gasteiger partial charge in [-0.15, -0.1) is 0 Å². The second kappa shape index (κ2) is 6.67. The third-order valence-corrected chi connectivity index (χ3v) is 3.41. The summed E-state index contributed by atoms with van der Waals surface area (Å²) in [5, 5.41) is 0. The molecule has 0 heterocycles. The Hall–Kier alpha value is -1.95. The number of esters is 1. The summed E-state index contributed by atoms with van der Waals surface area (Å²) in [5.74, 6) is -1.45. The van der Waals surface area contributed by atoms with Crippen molar-refractivity contribution in [3.8, 4) is 5.75 Å². The van der Waals surface area contributed by atoms with Crippen LogP contribution in [0.5, 0.6) is 5.75 Å². The van der Waals surface area contributed by atoms with Crippen LogP contribution in [-0.2, 0) is 11.3 Å². The lowest BCUT2D eigenvalue weighted by Crippen LogP contribution is -2.04. The first kappa shape index (κ1) is 15.4. The van der Waals surface area contributed by atoms with E-state index in [4.69, 9.17) is 4.74 Å². The SMILES string of the molecule is COC(=O)c1ccc(OCc2c(F)ccc(Br)c2F)cc1. The smallest absolute Gasteiger partial charge is 0.337 e. The van der Waals surface area contributed by atoms with E-state index in [2.05, 4.69) is 20.7 Å². The zero-order valence-electron chi connectivity index (χ0n) is 11.0. The molecule has 0 aliphatic carbocycles. The maximum atomic E-state index is 13.8. The molecule has 0 fully saturated rings. The molecule has 6 heteroatoms. The molecule has 0 radical (unpaired) electrons. The maximum absolute atomic E-state index is 13.8. The molecule has 0 aromatic heterocycles. The average molecular weight is 357 g/mol. The minimum atomic E-state index is -0.693. The molecule has 21 heavy (non-hydrogen) atoms. The van der Waals surface area contributed by atoms with Crippen molar-refractivity contribution in [2.75, 3.05) is 7.11 Å². The lowest BCUT2D eigenvalue weighted by atomic mass is 10.2. The van der Waals surface area contributed by atoms with Crippen molar-refractivity contribution >= 4 is 21.9 Å². The number of ether oxygens (including phenoxy) is 2. The van der Waals surface area contributed by atoms with Gasteiger partial charge in [0.1, 0.15) is 24.0 Å². The van der Waals surface area contributed by atoms with Gasteiger partial charge in [0.2, 0.25) is 0 Å². The fourth-order valence-electron chi connectivity index (χ4n) is 1.66. The predicted molar refractivity (Wildman–Crippen MR) is 76.2 cm³/mol. The predicted octanol–water partition coefficient (Wildman–Crippen LogP) is 4.09. The lowest BCUT2D eigenvalue weighted by molar-refractivity contribution is 0.0600. The van der Waals surface area contributed by atoms with Crippen LogP contribution < -0.4 is 4.74 Å². The summed E-state index contributed by atoms with van der Waals surface area (Å²) in [5.41, 5.74) is 0.200. The number of carbonyl (C=O) groups is 1. The van der Waals surface area contributed by atoms with E-state index in [9.17, 15) is 13.6 Å². The van der Waals surface area contributed by atoms with Gasteiger partial charge in [0.05, 0.1) is 22.7 Å². The lowest BCUT2D eigenvalue weighted by Gasteiger charge is -2.09. The monoisotopic (exact) mass is 356 g/mol. The van der Waals surface area contributed by atoms with Gasteiger partial charge in [-0.25, -0.2) is 13.6 Å². The van der Waals surface area contributed by atoms with Crippen LogP contribution in [0.2, 0.25) is 0 Å². The first-order valence-corrected chi connectivity index (χ1v) is 6.75. The van der Waals surface area contributed by atoms with Gasteiger partial charge in [0.25, 0.3) is 0 Å². The number of benzene rings is 2. The van der Waals surface area contributed by atoms with E-state index in [0.29, 0.717) is 11.3 Å². The Kier molecular flexibility index (Phi) is 4.90. The van der Waals surface area contributed by atoms with Crippen LogP contribution in [0.25, 0.3) is 0 Å². The molecule has 0 amide bonds. The molecule has 2 rings (SSSR count). The maximum Gasteiger partial charge on any atom is 0.337 e. The number of hydrogen-bond acceptors (Lipinski definition) is 3. The molecule has 0 saturated heterocycles. The molecule has 2 aromatic rings. The Morgan fingerprint density at radius 2 is 1.81 bits per heavy atom. The quantitative estimate of drug-likeness (QED) is 0.611. The van der Waals surface area contributed by atoms with Crippen LogP contribution in [0, 0.1) is 11.6 Å². The van der Waals surface area contributed by atoms with E-state index in [-0.39, 0.29) is 16.6 Å². The highest BCUT2D eigenvalue weighted by atomic mass is 79.9. The number of methoxy groups -OCH3 is 1. The molecule has 3 nitrogen and oxygen atoms in total. The largest absolute Gasteiger partial charge is 0.489 e. The number of halogens is 3. The Labute approximate surface area is 128 Å². The molecular formula is C15H11BrF2O3. The molecule has 0 saturated carbocycles. The second-order valence-electron chi connectivity index (χ2n) is 4.13. The van der Waals surface area contributed by atoms with Gasteiger partial charge in [0.15, 0.2) is 0 Å². The number of carbonyl (C=O) groups excluding carboxylic acids is 1. The van der Waals surface area contributed by atoms with Crippen LogP contribution in [0.4, 0.5) is 8.78 Å². The summed E-state index contributed by atoms with van der Waals surface area (Å²) < 4.78 is 37.4. The molecule has 0 aliphatic heterocycles. The molecular weight excluding hydrogens is 346 g/mol. The molecule has 110 valence electrons. The summed E-state index contributed by atoms with van der Waals surface area (Å²) in [6.07, 6.45) is 0. The van der Waals surface area contributed by atoms with E-state index >= 15 is 0 Å². The van der Waals surface area contributed by atoms with Crippen molar-refractivity contribution in [2.24, 2.45) is 0 Å². The zero-order chi connectivity index (χ0) is 15.4. The van der Waals surface area contributed by atoms with Gasteiger partial charge in [0, 0.05) is 0 Å². The molecule has 0 unspecified atom stereocenters. The molecule has 0 atom stereocenters. The number of rotatable bonds is 4. The van der Waals surface area contributed by atoms with Gasteiger partial charge in [-0.1, -0.05) is 0 Å². The van der Waals surface area contributed by atoms with Crippen LogP contribution in [-0.4, -0.2) is 13.1 Å². The van der Waals surface area contributed by atoms with Crippen molar-refractivity contribution in [3.63, 3.8) is 0 Å². The fraction of sp³-hybridized carbons (Fsp3) is 0.133. The van der Waals surface area contributed by atoms with Crippen LogP contribution in [0.3, 0.4) is 0 Å². The minimum Gasteiger partial charge on any atom is -0.489 e. The molecule has 0 N–H and O–H groups in total. The highest BCUT2D eigenvalue weighted by molar-refractivity contribution is 9.10. The van der Waals surface area contributed by atoms with Gasteiger partial charge in [-0.2, -0.15) is 0 Å². The van der Waals surface area contributed by atoms with Crippen molar-refractivity contribution in [2.45, 2.75) is 6.61 Å². The standard InChI is InChI=1S/C15H11BrF2O3/c1-20-15(19)9-2-4-10(5-3-9)21-8-11-13(17)7-6-12(16)14(11)18/h2-7H,8H2,1H3. The van der Waals surface area contributed by atoms with E-state index < -0.39 is 17.6 Å². The molecule has 0 bridgehead atoms. The van der Waals surface area contributed by atoms with Crippen LogP contribution >= 0.6 is 15.9 Å². The van der Waals surface area contributed by atoms with Crippen molar-refractivity contribution in [1.29, 1.82) is 0 Å². The summed E-state index contributed by atoms with van der Waals surface area (Å²) >= 11 is 2.99. The van der Waals surface area contributed by atoms with E-state index in [1.54, 1.807) is 0 Å². The van der Waals surface area contributed by atoms with Crippen molar-refractivity contribution < 1.29 is 23.0 Å². The van der Waals surface area contributed by atoms with Crippen LogP contribution in [0.1, 0.15) is 15.9 Å². The summed E-state index contributed by atoms with van der Waals surface area (Å²) in [7, 11) is 1.28. The highest BCUT2D eigenvalue weighted by Crippen LogP contribution is 2.23. The van der Waals surface area contributed by atoms with Gasteiger partial charge in [-0.05, 0) is 52.3 Å².